The molecule has 1 aromatic carbocycles. The fourth-order valence-electron chi connectivity index (χ4n) is 4.07. The molecule has 2 aliphatic heterocycles. The molecular weight excluding hydrogens is 406 g/mol. The molecule has 2 fully saturated rings. The lowest BCUT2D eigenvalue weighted by Crippen LogP contribution is -2.57. The third kappa shape index (κ3) is 5.08. The van der Waals surface area contributed by atoms with Crippen LogP contribution in [0.3, 0.4) is 0 Å². The first kappa shape index (κ1) is 23.3. The molecule has 8 nitrogen and oxygen atoms in total. The molecule has 0 amide bonds. The summed E-state index contributed by atoms with van der Waals surface area (Å²) in [6, 6.07) is 3.53. The van der Waals surface area contributed by atoms with Gasteiger partial charge in [-0.3, -0.25) is 4.90 Å². The number of rotatable bonds is 4. The highest BCUT2D eigenvalue weighted by molar-refractivity contribution is 7.86. The van der Waals surface area contributed by atoms with E-state index in [0.29, 0.717) is 51.4 Å². The molecule has 170 valence electrons. The van der Waals surface area contributed by atoms with Crippen LogP contribution < -0.4 is 0 Å². The minimum Gasteiger partial charge on any atom is -0.504 e. The monoisotopic (exact) mass is 441 g/mol. The van der Waals surface area contributed by atoms with Crippen LogP contribution in [0.25, 0.3) is 0 Å². The second-order valence-electron chi connectivity index (χ2n) is 9.51. The largest absolute Gasteiger partial charge is 0.504 e. The lowest BCUT2D eigenvalue weighted by atomic mass is 9.85. The van der Waals surface area contributed by atoms with E-state index in [-0.39, 0.29) is 29.1 Å². The van der Waals surface area contributed by atoms with Gasteiger partial charge in [0.2, 0.25) is 0 Å². The van der Waals surface area contributed by atoms with E-state index in [9.17, 15) is 18.6 Å². The van der Waals surface area contributed by atoms with Gasteiger partial charge in [0.1, 0.15) is 0 Å². The molecule has 3 rings (SSSR count). The number of phenolic OH excluding ortho intramolecular Hbond substituents is 2. The predicted molar refractivity (Wildman–Crippen MR) is 116 cm³/mol. The number of phenols is 2. The van der Waals surface area contributed by atoms with E-state index in [1.165, 1.54) is 8.61 Å². The molecule has 2 heterocycles. The third-order valence-corrected chi connectivity index (χ3v) is 7.77. The van der Waals surface area contributed by atoms with E-state index in [1.54, 1.807) is 6.07 Å². The van der Waals surface area contributed by atoms with Gasteiger partial charge in [0.25, 0.3) is 10.2 Å². The normalized spacial score (nSPS) is 25.5. The van der Waals surface area contributed by atoms with E-state index >= 15 is 0 Å². The lowest BCUT2D eigenvalue weighted by molar-refractivity contribution is -0.0457. The maximum Gasteiger partial charge on any atom is 0.282 e. The summed E-state index contributed by atoms with van der Waals surface area (Å²) in [6.07, 6.45) is -0.230. The van der Waals surface area contributed by atoms with Crippen molar-refractivity contribution in [2.24, 2.45) is 0 Å². The van der Waals surface area contributed by atoms with Crippen molar-refractivity contribution in [1.82, 2.24) is 13.5 Å². The number of hydrogen-bond acceptors (Lipinski definition) is 6. The second kappa shape index (κ2) is 8.63. The fourth-order valence-corrected chi connectivity index (χ4v) is 5.82. The SMILES string of the molecule is CC1CN(S(=O)(=O)N2CCN(Cc3cc(C(C)(C)C)cc(O)c3O)CC2)CC(C)O1. The Hall–Kier alpha value is -1.39. The molecular formula is C21H35N3O5S. The van der Waals surface area contributed by atoms with Crippen LogP contribution >= 0.6 is 0 Å². The summed E-state index contributed by atoms with van der Waals surface area (Å²) in [5.74, 6) is -0.219. The first-order valence-electron chi connectivity index (χ1n) is 10.6. The van der Waals surface area contributed by atoms with Crippen LogP contribution in [0.1, 0.15) is 45.7 Å². The highest BCUT2D eigenvalue weighted by Gasteiger charge is 2.36. The molecule has 2 unspecified atom stereocenters. The van der Waals surface area contributed by atoms with E-state index in [2.05, 4.69) is 25.7 Å². The van der Waals surface area contributed by atoms with Gasteiger partial charge >= 0.3 is 0 Å². The Labute approximate surface area is 180 Å². The summed E-state index contributed by atoms with van der Waals surface area (Å²) in [7, 11) is -3.52. The van der Waals surface area contributed by atoms with Gasteiger partial charge in [-0.05, 0) is 30.9 Å². The average Bonchev–Trinajstić information content (AvgIpc) is 2.64. The van der Waals surface area contributed by atoms with Gasteiger partial charge in [-0.25, -0.2) is 0 Å². The van der Waals surface area contributed by atoms with Crippen molar-refractivity contribution in [3.8, 4) is 11.5 Å². The molecule has 0 aromatic heterocycles. The van der Waals surface area contributed by atoms with Crippen molar-refractivity contribution in [3.05, 3.63) is 23.3 Å². The van der Waals surface area contributed by atoms with Crippen molar-refractivity contribution >= 4 is 10.2 Å². The van der Waals surface area contributed by atoms with Gasteiger partial charge < -0.3 is 14.9 Å². The van der Waals surface area contributed by atoms with Crippen LogP contribution in [0, 0.1) is 0 Å². The second-order valence-corrected chi connectivity index (χ2v) is 11.4. The predicted octanol–water partition coefficient (Wildman–Crippen LogP) is 1.87. The molecule has 1 aromatic rings. The van der Waals surface area contributed by atoms with Crippen LogP contribution in [0.5, 0.6) is 11.5 Å². The molecule has 2 aliphatic rings. The van der Waals surface area contributed by atoms with E-state index in [4.69, 9.17) is 4.74 Å². The molecule has 0 aliphatic carbocycles. The van der Waals surface area contributed by atoms with Gasteiger partial charge in [0, 0.05) is 51.4 Å². The van der Waals surface area contributed by atoms with Crippen molar-refractivity contribution in [3.63, 3.8) is 0 Å². The van der Waals surface area contributed by atoms with E-state index < -0.39 is 10.2 Å². The van der Waals surface area contributed by atoms with Crippen molar-refractivity contribution in [2.45, 2.75) is 58.8 Å². The molecule has 9 heteroatoms. The minimum absolute atomic E-state index is 0.102. The molecule has 0 spiro atoms. The Kier molecular flexibility index (Phi) is 6.69. The molecule has 0 bridgehead atoms. The van der Waals surface area contributed by atoms with Crippen molar-refractivity contribution in [2.75, 3.05) is 39.3 Å². The first-order valence-corrected chi connectivity index (χ1v) is 12.0. The van der Waals surface area contributed by atoms with E-state index in [1.807, 2.05) is 19.9 Å². The first-order chi connectivity index (χ1) is 13.9. The smallest absolute Gasteiger partial charge is 0.282 e. The summed E-state index contributed by atoms with van der Waals surface area (Å²) < 4.78 is 34.8. The zero-order chi connectivity index (χ0) is 22.3. The number of aromatic hydroxyl groups is 2. The van der Waals surface area contributed by atoms with Crippen LogP contribution in [-0.2, 0) is 26.9 Å². The maximum atomic E-state index is 13.1. The minimum atomic E-state index is -3.52. The van der Waals surface area contributed by atoms with Gasteiger partial charge in [-0.1, -0.05) is 26.8 Å². The Morgan fingerprint density at radius 1 is 1.00 bits per heavy atom. The van der Waals surface area contributed by atoms with Crippen LogP contribution in [0.4, 0.5) is 0 Å². The molecule has 0 radical (unpaired) electrons. The summed E-state index contributed by atoms with van der Waals surface area (Å²) in [4.78, 5) is 2.11. The maximum absolute atomic E-state index is 13.1. The van der Waals surface area contributed by atoms with Gasteiger partial charge in [0.05, 0.1) is 12.2 Å². The number of hydrogen-bond donors (Lipinski definition) is 2. The van der Waals surface area contributed by atoms with Gasteiger partial charge in [-0.2, -0.15) is 17.0 Å². The zero-order valence-corrected chi connectivity index (χ0v) is 19.4. The number of piperazine rings is 1. The summed E-state index contributed by atoms with van der Waals surface area (Å²) in [5, 5.41) is 20.5. The highest BCUT2D eigenvalue weighted by atomic mass is 32.2. The van der Waals surface area contributed by atoms with Crippen LogP contribution in [-0.4, -0.2) is 83.6 Å². The standard InChI is InChI=1S/C21H35N3O5S/c1-15-12-24(13-16(2)29-15)30(27,28)23-8-6-22(7-9-23)14-17-10-18(21(3,4)5)11-19(25)20(17)26/h10-11,15-16,25-26H,6-9,12-14H2,1-5H3. The van der Waals surface area contributed by atoms with Gasteiger partial charge in [-0.15, -0.1) is 0 Å². The molecule has 30 heavy (non-hydrogen) atoms. The number of benzene rings is 1. The number of nitrogens with zero attached hydrogens (tertiary/aromatic N) is 3. The quantitative estimate of drug-likeness (QED) is 0.693. The van der Waals surface area contributed by atoms with Crippen LogP contribution in [0.15, 0.2) is 12.1 Å². The Morgan fingerprint density at radius 3 is 2.10 bits per heavy atom. The number of morpholine rings is 1. The highest BCUT2D eigenvalue weighted by Crippen LogP contribution is 2.36. The summed E-state index contributed by atoms with van der Waals surface area (Å²) in [6.45, 7) is 13.1. The Morgan fingerprint density at radius 2 is 1.57 bits per heavy atom. The topological polar surface area (TPSA) is 93.6 Å². The summed E-state index contributed by atoms with van der Waals surface area (Å²) >= 11 is 0. The zero-order valence-electron chi connectivity index (χ0n) is 18.6. The van der Waals surface area contributed by atoms with Crippen LogP contribution in [0.2, 0.25) is 0 Å². The van der Waals surface area contributed by atoms with Crippen molar-refractivity contribution in [1.29, 1.82) is 0 Å². The molecule has 2 atom stereocenters. The Bertz CT molecular complexity index is 850. The Balaban J connectivity index is 1.66. The fraction of sp³-hybridized carbons (Fsp3) is 0.714. The third-order valence-electron chi connectivity index (χ3n) is 5.80. The van der Waals surface area contributed by atoms with Gasteiger partial charge in [0.15, 0.2) is 11.5 Å². The lowest BCUT2D eigenvalue weighted by Gasteiger charge is -2.40. The van der Waals surface area contributed by atoms with Crippen molar-refractivity contribution < 1.29 is 23.4 Å². The molecule has 2 N–H and O–H groups in total. The molecule has 2 saturated heterocycles. The number of ether oxygens (including phenoxy) is 1. The molecule has 0 saturated carbocycles. The van der Waals surface area contributed by atoms with E-state index in [0.717, 1.165) is 5.56 Å². The average molecular weight is 442 g/mol. The summed E-state index contributed by atoms with van der Waals surface area (Å²) in [5.41, 5.74) is 1.45.